The molecule has 4 rings (SSSR count). The molecule has 1 heterocycles. The van der Waals surface area contributed by atoms with E-state index >= 15 is 0 Å². The molecule has 2 aliphatic rings. The predicted molar refractivity (Wildman–Crippen MR) is 140 cm³/mol. The van der Waals surface area contributed by atoms with E-state index in [9.17, 15) is 22.8 Å². The molecule has 1 unspecified atom stereocenters. The number of sulfonamides is 1. The Labute approximate surface area is 217 Å². The fourth-order valence-electron chi connectivity index (χ4n) is 4.72. The summed E-state index contributed by atoms with van der Waals surface area (Å²) in [7, 11) is -2.60. The average molecular weight is 526 g/mol. The van der Waals surface area contributed by atoms with Gasteiger partial charge in [0, 0.05) is 19.2 Å². The summed E-state index contributed by atoms with van der Waals surface area (Å²) in [5.74, 6) is -0.798. The van der Waals surface area contributed by atoms with Gasteiger partial charge in [0.1, 0.15) is 11.8 Å². The van der Waals surface area contributed by atoms with Crippen molar-refractivity contribution in [1.82, 2.24) is 4.31 Å². The Morgan fingerprint density at radius 3 is 2.38 bits per heavy atom. The van der Waals surface area contributed by atoms with Gasteiger partial charge in [-0.15, -0.1) is 0 Å². The van der Waals surface area contributed by atoms with Gasteiger partial charge >= 0.3 is 0 Å². The summed E-state index contributed by atoms with van der Waals surface area (Å²) in [6.45, 7) is 1.48. The van der Waals surface area contributed by atoms with Crippen molar-refractivity contribution in [3.63, 3.8) is 0 Å². The van der Waals surface area contributed by atoms with Crippen molar-refractivity contribution in [2.24, 2.45) is 0 Å². The van der Waals surface area contributed by atoms with E-state index in [4.69, 9.17) is 4.74 Å². The number of rotatable bonds is 9. The summed E-state index contributed by atoms with van der Waals surface area (Å²) in [5.41, 5.74) is 2.02. The lowest BCUT2D eigenvalue weighted by Gasteiger charge is -2.28. The quantitative estimate of drug-likeness (QED) is 0.393. The molecule has 1 atom stereocenters. The molecule has 1 aliphatic carbocycles. The number of amides is 3. The zero-order valence-corrected chi connectivity index (χ0v) is 21.8. The minimum Gasteiger partial charge on any atom is -0.497 e. The Kier molecular flexibility index (Phi) is 8.09. The third-order valence-electron chi connectivity index (χ3n) is 6.62. The number of carbonyl (C=O) groups excluding carboxylic acids is 3. The van der Waals surface area contributed by atoms with E-state index in [1.807, 2.05) is 0 Å². The van der Waals surface area contributed by atoms with E-state index in [2.05, 4.69) is 11.4 Å². The van der Waals surface area contributed by atoms with Crippen LogP contribution in [0.3, 0.4) is 0 Å². The van der Waals surface area contributed by atoms with Crippen LogP contribution in [0.5, 0.6) is 5.75 Å². The summed E-state index contributed by atoms with van der Waals surface area (Å²) in [6.07, 6.45) is 6.43. The molecule has 1 N–H and O–H groups in total. The predicted octanol–water partition coefficient (Wildman–Crippen LogP) is 3.87. The van der Waals surface area contributed by atoms with Crippen LogP contribution in [0.25, 0.3) is 0 Å². The summed E-state index contributed by atoms with van der Waals surface area (Å²) < 4.78 is 33.9. The molecule has 2 aromatic carbocycles. The molecule has 9 nitrogen and oxygen atoms in total. The van der Waals surface area contributed by atoms with E-state index in [0.29, 0.717) is 23.5 Å². The normalized spacial score (nSPS) is 18.2. The Morgan fingerprint density at radius 2 is 1.78 bits per heavy atom. The van der Waals surface area contributed by atoms with Crippen LogP contribution in [0.4, 0.5) is 11.4 Å². The number of imide groups is 1. The molecule has 1 saturated heterocycles. The fraction of sp³-hybridized carbons (Fsp3) is 0.370. The van der Waals surface area contributed by atoms with Crippen molar-refractivity contribution in [3.8, 4) is 5.75 Å². The van der Waals surface area contributed by atoms with E-state index in [1.54, 1.807) is 36.4 Å². The number of anilines is 2. The number of allylic oxidation sites excluding steroid dienone is 1. The van der Waals surface area contributed by atoms with E-state index in [-0.39, 0.29) is 23.8 Å². The summed E-state index contributed by atoms with van der Waals surface area (Å²) >= 11 is 0. The van der Waals surface area contributed by atoms with Crippen LogP contribution in [0, 0.1) is 0 Å². The maximum absolute atomic E-state index is 13.8. The minimum absolute atomic E-state index is 0.0317. The Morgan fingerprint density at radius 1 is 1.08 bits per heavy atom. The molecule has 1 fully saturated rings. The number of nitrogens with zero attached hydrogens (tertiary/aromatic N) is 2. The van der Waals surface area contributed by atoms with Crippen LogP contribution < -0.4 is 15.0 Å². The molecule has 0 aromatic heterocycles. The Bertz CT molecular complexity index is 1300. The van der Waals surface area contributed by atoms with Gasteiger partial charge in [-0.2, -0.15) is 4.31 Å². The van der Waals surface area contributed by atoms with E-state index in [0.717, 1.165) is 30.6 Å². The highest BCUT2D eigenvalue weighted by molar-refractivity contribution is 7.89. The molecule has 37 heavy (non-hydrogen) atoms. The third kappa shape index (κ3) is 5.91. The maximum Gasteiger partial charge on any atom is 0.252 e. The zero-order chi connectivity index (χ0) is 26.6. The summed E-state index contributed by atoms with van der Waals surface area (Å²) in [4.78, 5) is 38.9. The molecule has 0 spiro atoms. The van der Waals surface area contributed by atoms with Gasteiger partial charge in [0.2, 0.25) is 21.8 Å². The van der Waals surface area contributed by atoms with E-state index < -0.39 is 27.9 Å². The average Bonchev–Trinajstić information content (AvgIpc) is 3.18. The number of methoxy groups -OCH3 is 1. The number of benzene rings is 2. The molecule has 0 radical (unpaired) electrons. The number of nitrogens with one attached hydrogen (secondary N) is 1. The first kappa shape index (κ1) is 26.6. The van der Waals surface area contributed by atoms with Gasteiger partial charge in [-0.25, -0.2) is 13.3 Å². The smallest absolute Gasteiger partial charge is 0.252 e. The van der Waals surface area contributed by atoms with Gasteiger partial charge in [0.25, 0.3) is 5.91 Å². The second kappa shape index (κ2) is 11.3. The number of hydrogen-bond acceptors (Lipinski definition) is 6. The number of ether oxygens (including phenoxy) is 1. The van der Waals surface area contributed by atoms with Crippen molar-refractivity contribution >= 4 is 39.1 Å². The van der Waals surface area contributed by atoms with E-state index in [1.165, 1.54) is 36.0 Å². The molecule has 0 saturated carbocycles. The van der Waals surface area contributed by atoms with Crippen molar-refractivity contribution in [3.05, 3.63) is 60.2 Å². The zero-order valence-electron chi connectivity index (χ0n) is 21.0. The lowest BCUT2D eigenvalue weighted by molar-refractivity contribution is -0.122. The molecule has 10 heteroatoms. The molecule has 3 amide bonds. The van der Waals surface area contributed by atoms with Crippen LogP contribution in [-0.4, -0.2) is 50.1 Å². The topological polar surface area (TPSA) is 113 Å². The van der Waals surface area contributed by atoms with Crippen LogP contribution in [0.1, 0.15) is 45.4 Å². The Hall–Kier alpha value is -3.50. The first-order chi connectivity index (χ1) is 17.7. The molecule has 196 valence electrons. The van der Waals surface area contributed by atoms with Crippen molar-refractivity contribution in [2.75, 3.05) is 23.9 Å². The third-order valence-corrected chi connectivity index (χ3v) is 8.54. The maximum atomic E-state index is 13.8. The molecule has 0 bridgehead atoms. The molecule has 1 aliphatic heterocycles. The first-order valence-electron chi connectivity index (χ1n) is 12.3. The summed E-state index contributed by atoms with van der Waals surface area (Å²) in [6, 6.07) is 11.1. The van der Waals surface area contributed by atoms with Gasteiger partial charge < -0.3 is 10.1 Å². The Balaban J connectivity index is 1.63. The number of carbonyl (C=O) groups is 3. The van der Waals surface area contributed by atoms with Gasteiger partial charge in [-0.1, -0.05) is 11.6 Å². The van der Waals surface area contributed by atoms with Crippen LogP contribution in [0.15, 0.2) is 65.1 Å². The van der Waals surface area contributed by atoms with Crippen molar-refractivity contribution < 1.29 is 27.5 Å². The van der Waals surface area contributed by atoms with Crippen LogP contribution in [-0.2, 0) is 24.4 Å². The van der Waals surface area contributed by atoms with Crippen molar-refractivity contribution in [1.29, 1.82) is 0 Å². The standard InChI is InChI=1S/C27H31N3O6S/c1-19(31)28-21-8-10-22(11-9-21)30-26(32)18-25(27(30)33)29(17-16-20-6-4-3-5-7-20)37(34,35)24-14-12-23(36-2)13-15-24/h6,8-15,25H,3-5,7,16-18H2,1-2H3,(H,28,31). The highest BCUT2D eigenvalue weighted by atomic mass is 32.2. The minimum atomic E-state index is -4.09. The van der Waals surface area contributed by atoms with Gasteiger partial charge in [-0.3, -0.25) is 14.4 Å². The van der Waals surface area contributed by atoms with Crippen LogP contribution >= 0.6 is 0 Å². The SMILES string of the molecule is COc1ccc(S(=O)(=O)N(CCC2=CCCCC2)C2CC(=O)N(c3ccc(NC(C)=O)cc3)C2=O)cc1. The lowest BCUT2D eigenvalue weighted by atomic mass is 9.97. The fourth-order valence-corrected chi connectivity index (χ4v) is 6.30. The first-order valence-corrected chi connectivity index (χ1v) is 13.7. The van der Waals surface area contributed by atoms with Gasteiger partial charge in [-0.05, 0) is 80.6 Å². The molecule has 2 aromatic rings. The van der Waals surface area contributed by atoms with Crippen molar-refractivity contribution in [2.45, 2.75) is 56.4 Å². The second-order valence-corrected chi connectivity index (χ2v) is 11.1. The van der Waals surface area contributed by atoms with Gasteiger partial charge in [0.05, 0.1) is 24.1 Å². The lowest BCUT2D eigenvalue weighted by Crippen LogP contribution is -2.46. The second-order valence-electron chi connectivity index (χ2n) is 9.16. The largest absolute Gasteiger partial charge is 0.497 e. The van der Waals surface area contributed by atoms with Crippen LogP contribution in [0.2, 0.25) is 0 Å². The summed E-state index contributed by atoms with van der Waals surface area (Å²) in [5, 5.41) is 2.64. The highest BCUT2D eigenvalue weighted by Crippen LogP contribution is 2.32. The van der Waals surface area contributed by atoms with Gasteiger partial charge in [0.15, 0.2) is 0 Å². The molecular weight excluding hydrogens is 494 g/mol. The highest BCUT2D eigenvalue weighted by Gasteiger charge is 2.46. The molecular formula is C27H31N3O6S. The monoisotopic (exact) mass is 525 g/mol. The number of hydrogen-bond donors (Lipinski definition) is 1.